The van der Waals surface area contributed by atoms with Crippen molar-refractivity contribution in [3.8, 4) is 5.75 Å². The molecule has 12 heteroatoms. The number of aromatic hydroxyl groups is 1. The Morgan fingerprint density at radius 2 is 1.74 bits per heavy atom. The summed E-state index contributed by atoms with van der Waals surface area (Å²) in [6, 6.07) is 10.4. The Bertz CT molecular complexity index is 1530. The first kappa shape index (κ1) is 23.0. The van der Waals surface area contributed by atoms with Crippen molar-refractivity contribution in [3.05, 3.63) is 97.7 Å². The van der Waals surface area contributed by atoms with Crippen molar-refractivity contribution in [2.45, 2.75) is 6.54 Å². The number of rotatable bonds is 5. The number of ketones is 1. The van der Waals surface area contributed by atoms with Crippen LogP contribution < -0.4 is 5.36 Å². The van der Waals surface area contributed by atoms with Crippen LogP contribution in [0.3, 0.4) is 0 Å². The van der Waals surface area contributed by atoms with E-state index in [1.165, 1.54) is 41.1 Å². The van der Waals surface area contributed by atoms with E-state index in [0.717, 1.165) is 12.4 Å². The molecule has 0 aliphatic heterocycles. The summed E-state index contributed by atoms with van der Waals surface area (Å²) in [6.45, 7) is 0.0845. The van der Waals surface area contributed by atoms with Gasteiger partial charge in [0.25, 0.3) is 11.5 Å². The number of fused-ring (bicyclic) bond motifs is 1. The number of hydrogen-bond acceptors (Lipinski definition) is 6. The van der Waals surface area contributed by atoms with Crippen LogP contribution in [0.2, 0.25) is 10.0 Å². The summed E-state index contributed by atoms with van der Waals surface area (Å²) in [5, 5.41) is 30.8. The van der Waals surface area contributed by atoms with E-state index in [-0.39, 0.29) is 49.9 Å². The molecule has 0 radical (unpaired) electrons. The summed E-state index contributed by atoms with van der Waals surface area (Å²) in [6.07, 6.45) is 3.47. The predicted octanol–water partition coefficient (Wildman–Crippen LogP) is 3.96. The number of amides is 1. The molecule has 2 aromatic heterocycles. The molecule has 4 rings (SSSR count). The molecule has 1 amide bonds. The third kappa shape index (κ3) is 4.36. The molecule has 0 saturated heterocycles. The number of carbonyl (C=O) groups is 2. The number of nitro benzene ring substituents is 1. The van der Waals surface area contributed by atoms with Crippen LogP contribution in [0.15, 0.2) is 66.0 Å². The molecule has 10 nitrogen and oxygen atoms in total. The number of Topliss-reactive ketones (excluding diaryl/α,β-unsaturated/α-hetero) is 1. The maximum Gasteiger partial charge on any atom is 0.318 e. The fourth-order valence-electron chi connectivity index (χ4n) is 3.49. The third-order valence-electron chi connectivity index (χ3n) is 4.95. The highest BCUT2D eigenvalue weighted by atomic mass is 35.5. The van der Waals surface area contributed by atoms with Gasteiger partial charge in [0.1, 0.15) is 11.1 Å². The molecular weight excluding hydrogens is 487 g/mol. The van der Waals surface area contributed by atoms with Crippen molar-refractivity contribution in [1.29, 1.82) is 0 Å². The van der Waals surface area contributed by atoms with Crippen molar-refractivity contribution >= 4 is 51.5 Å². The van der Waals surface area contributed by atoms with Gasteiger partial charge in [0, 0.05) is 30.3 Å². The van der Waals surface area contributed by atoms with Crippen LogP contribution in [0.1, 0.15) is 15.9 Å². The molecule has 2 aromatic carbocycles. The lowest BCUT2D eigenvalue weighted by Crippen LogP contribution is -2.18. The molecule has 2 N–H and O–H groups in total. The molecule has 4 aromatic rings. The fourth-order valence-corrected chi connectivity index (χ4v) is 4.03. The second-order valence-corrected chi connectivity index (χ2v) is 8.01. The summed E-state index contributed by atoms with van der Waals surface area (Å²) in [5.74, 6) is -2.30. The third-order valence-corrected chi connectivity index (χ3v) is 5.50. The molecule has 0 saturated carbocycles. The number of para-hydroxylation sites is 1. The number of nitro groups is 1. The first-order chi connectivity index (χ1) is 16.2. The largest absolute Gasteiger partial charge is 0.506 e. The summed E-state index contributed by atoms with van der Waals surface area (Å²) < 4.78 is 2.10. The van der Waals surface area contributed by atoms with Crippen molar-refractivity contribution in [2.75, 3.05) is 0 Å². The SMILES string of the molecule is O=C(N=c1c(Cl)cn(O)cc1Cl)C(=O)c1cn(Cc2cccc([N+](=O)[O-])c2)c2c(O)cccc12. The smallest absolute Gasteiger partial charge is 0.318 e. The Balaban J connectivity index is 1.78. The lowest BCUT2D eigenvalue weighted by molar-refractivity contribution is -0.384. The van der Waals surface area contributed by atoms with Crippen molar-refractivity contribution in [1.82, 2.24) is 9.30 Å². The van der Waals surface area contributed by atoms with Crippen molar-refractivity contribution < 1.29 is 24.8 Å². The van der Waals surface area contributed by atoms with E-state index in [9.17, 15) is 30.0 Å². The molecule has 0 unspecified atom stereocenters. The molecule has 0 aliphatic rings. The first-order valence-electron chi connectivity index (χ1n) is 9.60. The van der Waals surface area contributed by atoms with E-state index in [0.29, 0.717) is 10.3 Å². The summed E-state index contributed by atoms with van der Waals surface area (Å²) >= 11 is 11.9. The van der Waals surface area contributed by atoms with Crippen LogP contribution in [0, 0.1) is 10.1 Å². The van der Waals surface area contributed by atoms with Gasteiger partial charge in [-0.25, -0.2) is 4.99 Å². The van der Waals surface area contributed by atoms with Crippen LogP contribution in [-0.4, -0.2) is 36.2 Å². The quantitative estimate of drug-likeness (QED) is 0.140. The van der Waals surface area contributed by atoms with Crippen LogP contribution in [-0.2, 0) is 11.3 Å². The molecule has 0 fully saturated rings. The molecule has 0 aliphatic carbocycles. The van der Waals surface area contributed by atoms with Crippen molar-refractivity contribution in [2.24, 2.45) is 4.99 Å². The average Bonchev–Trinajstić information content (AvgIpc) is 3.15. The Labute approximate surface area is 200 Å². The molecule has 0 atom stereocenters. The van der Waals surface area contributed by atoms with Crippen LogP contribution >= 0.6 is 23.2 Å². The number of phenolic OH excluding ortho intramolecular Hbond substituents is 1. The van der Waals surface area contributed by atoms with E-state index in [4.69, 9.17) is 23.2 Å². The Morgan fingerprint density at radius 1 is 1.06 bits per heavy atom. The van der Waals surface area contributed by atoms with E-state index >= 15 is 0 Å². The second kappa shape index (κ2) is 9.00. The van der Waals surface area contributed by atoms with Crippen LogP contribution in [0.5, 0.6) is 5.75 Å². The number of non-ortho nitro benzene ring substituents is 1. The maximum absolute atomic E-state index is 13.0. The summed E-state index contributed by atoms with van der Waals surface area (Å²) in [5.41, 5.74) is 0.668. The Hall–Kier alpha value is -4.15. The highest BCUT2D eigenvalue weighted by molar-refractivity contribution is 6.45. The number of phenols is 1. The topological polar surface area (TPSA) is 140 Å². The van der Waals surface area contributed by atoms with E-state index < -0.39 is 16.6 Å². The van der Waals surface area contributed by atoms with Gasteiger partial charge in [0.15, 0.2) is 0 Å². The number of halogens is 2. The summed E-state index contributed by atoms with van der Waals surface area (Å²) in [7, 11) is 0. The Morgan fingerprint density at radius 3 is 2.41 bits per heavy atom. The molecule has 0 bridgehead atoms. The molecule has 2 heterocycles. The van der Waals surface area contributed by atoms with E-state index in [1.807, 2.05) is 0 Å². The van der Waals surface area contributed by atoms with Gasteiger partial charge < -0.3 is 14.9 Å². The van der Waals surface area contributed by atoms with Gasteiger partial charge in [0.05, 0.1) is 38.4 Å². The normalized spacial score (nSPS) is 10.9. The molecule has 0 spiro atoms. The van der Waals surface area contributed by atoms with E-state index in [1.54, 1.807) is 12.1 Å². The minimum absolute atomic E-state index is 0.0366. The zero-order chi connectivity index (χ0) is 24.6. The number of benzene rings is 2. The minimum Gasteiger partial charge on any atom is -0.506 e. The van der Waals surface area contributed by atoms with Crippen molar-refractivity contribution in [3.63, 3.8) is 0 Å². The second-order valence-electron chi connectivity index (χ2n) is 7.20. The first-order valence-corrected chi connectivity index (χ1v) is 10.4. The van der Waals surface area contributed by atoms with Gasteiger partial charge >= 0.3 is 5.91 Å². The minimum atomic E-state index is -1.17. The molecule has 34 heavy (non-hydrogen) atoms. The predicted molar refractivity (Wildman–Crippen MR) is 122 cm³/mol. The van der Waals surface area contributed by atoms with Crippen LogP contribution in [0.25, 0.3) is 10.9 Å². The number of aromatic nitrogens is 2. The Kier molecular flexibility index (Phi) is 6.10. The maximum atomic E-state index is 13.0. The van der Waals surface area contributed by atoms with Gasteiger partial charge in [-0.15, -0.1) is 0 Å². The van der Waals surface area contributed by atoms with E-state index in [2.05, 4.69) is 4.99 Å². The summed E-state index contributed by atoms with van der Waals surface area (Å²) in [4.78, 5) is 39.9. The number of carbonyl (C=O) groups excluding carboxylic acids is 2. The van der Waals surface area contributed by atoms with Gasteiger partial charge in [-0.1, -0.05) is 47.5 Å². The standard InChI is InChI=1S/C22H14Cl2N4O6/c23-16-10-27(32)11-17(24)19(16)25-22(31)21(30)15-9-26(20-14(15)5-2-6-18(20)29)8-12-3-1-4-13(7-12)28(33)34/h1-7,9-11,29,32H,8H2. The number of pyridine rings is 1. The van der Waals surface area contributed by atoms with Crippen LogP contribution in [0.4, 0.5) is 5.69 Å². The van der Waals surface area contributed by atoms with Gasteiger partial charge in [0.2, 0.25) is 0 Å². The fraction of sp³-hybridized carbons (Fsp3) is 0.0455. The highest BCUT2D eigenvalue weighted by Crippen LogP contribution is 2.30. The zero-order valence-corrected chi connectivity index (χ0v) is 18.6. The zero-order valence-electron chi connectivity index (χ0n) is 17.1. The van der Waals surface area contributed by atoms with Gasteiger partial charge in [-0.05, 0) is 11.6 Å². The van der Waals surface area contributed by atoms with Gasteiger partial charge in [-0.2, -0.15) is 4.73 Å². The molecular formula is C22H14Cl2N4O6. The average molecular weight is 501 g/mol. The highest BCUT2D eigenvalue weighted by Gasteiger charge is 2.23. The lowest BCUT2D eigenvalue weighted by Gasteiger charge is -2.07. The number of nitrogens with zero attached hydrogens (tertiary/aromatic N) is 4. The monoisotopic (exact) mass is 500 g/mol. The lowest BCUT2D eigenvalue weighted by atomic mass is 10.1. The molecule has 172 valence electrons. The number of hydrogen-bond donors (Lipinski definition) is 2. The van der Waals surface area contributed by atoms with Gasteiger partial charge in [-0.3, -0.25) is 19.7 Å².